The molecule has 0 unspecified atom stereocenters. The maximum absolute atomic E-state index is 12.7. The lowest BCUT2D eigenvalue weighted by molar-refractivity contribution is 0.359. The molecule has 0 saturated heterocycles. The first-order valence-electron chi connectivity index (χ1n) is 6.86. The third-order valence-corrected chi connectivity index (χ3v) is 5.13. The van der Waals surface area contributed by atoms with Crippen LogP contribution in [0.3, 0.4) is 0 Å². The number of hydrogen-bond donors (Lipinski definition) is 0. The number of benzene rings is 1. The molecule has 0 atom stereocenters. The molecule has 0 saturated carbocycles. The van der Waals surface area contributed by atoms with Crippen molar-refractivity contribution in [3.8, 4) is 11.8 Å². The van der Waals surface area contributed by atoms with Crippen molar-refractivity contribution in [3.63, 3.8) is 0 Å². The molecule has 0 radical (unpaired) electrons. The van der Waals surface area contributed by atoms with Gasteiger partial charge in [-0.2, -0.15) is 14.5 Å². The molecule has 2 aromatic heterocycles. The van der Waals surface area contributed by atoms with E-state index in [2.05, 4.69) is 15.1 Å². The minimum Gasteiger partial charge on any atom is -0.491 e. The van der Waals surface area contributed by atoms with Crippen LogP contribution in [-0.4, -0.2) is 49.3 Å². The van der Waals surface area contributed by atoms with Crippen LogP contribution in [-0.2, 0) is 10.0 Å². The zero-order valence-electron chi connectivity index (χ0n) is 13.2. The van der Waals surface area contributed by atoms with Crippen molar-refractivity contribution < 1.29 is 17.9 Å². The summed E-state index contributed by atoms with van der Waals surface area (Å²) in [6.07, 6.45) is 1.43. The highest BCUT2D eigenvalue weighted by molar-refractivity contribution is 7.92. The maximum Gasteiger partial charge on any atom is 0.319 e. The zero-order valence-corrected chi connectivity index (χ0v) is 14.1. The molecule has 0 aliphatic heterocycles. The number of sulfonamides is 1. The Balaban J connectivity index is 2.13. The summed E-state index contributed by atoms with van der Waals surface area (Å²) in [6, 6.07) is 8.20. The summed E-state index contributed by atoms with van der Waals surface area (Å²) in [5.41, 5.74) is 0.300. The van der Waals surface area contributed by atoms with E-state index in [4.69, 9.17) is 9.47 Å². The second-order valence-corrected chi connectivity index (χ2v) is 6.72. The Morgan fingerprint density at radius 1 is 1.12 bits per heavy atom. The van der Waals surface area contributed by atoms with Gasteiger partial charge in [0.1, 0.15) is 0 Å². The van der Waals surface area contributed by atoms with Crippen molar-refractivity contribution in [2.24, 2.45) is 0 Å². The van der Waals surface area contributed by atoms with Gasteiger partial charge in [-0.1, -0.05) is 18.2 Å². The van der Waals surface area contributed by atoms with E-state index in [1.54, 1.807) is 18.2 Å². The van der Waals surface area contributed by atoms with Crippen LogP contribution in [0, 0.1) is 0 Å². The van der Waals surface area contributed by atoms with E-state index >= 15 is 0 Å². The summed E-state index contributed by atoms with van der Waals surface area (Å²) in [4.78, 5) is 8.41. The van der Waals surface area contributed by atoms with Gasteiger partial charge in [0.15, 0.2) is 5.75 Å². The van der Waals surface area contributed by atoms with E-state index in [0.717, 1.165) is 4.31 Å². The molecule has 1 aromatic carbocycles. The van der Waals surface area contributed by atoms with Crippen molar-refractivity contribution in [1.82, 2.24) is 19.6 Å². The minimum atomic E-state index is -3.79. The quantitative estimate of drug-likeness (QED) is 0.676. The second kappa shape index (κ2) is 5.96. The molecule has 0 aliphatic carbocycles. The monoisotopic (exact) mass is 349 g/mol. The minimum absolute atomic E-state index is 0.0246. The van der Waals surface area contributed by atoms with Crippen LogP contribution >= 0.6 is 0 Å². The molecular formula is C14H15N5O4S. The summed E-state index contributed by atoms with van der Waals surface area (Å²) in [5, 5.41) is 4.17. The fraction of sp³-hybridized carbons (Fsp3) is 0.214. The van der Waals surface area contributed by atoms with Gasteiger partial charge in [0.25, 0.3) is 16.0 Å². The molecule has 0 fully saturated rings. The molecule has 0 N–H and O–H groups in total. The van der Waals surface area contributed by atoms with Gasteiger partial charge in [0.05, 0.1) is 25.3 Å². The molecule has 126 valence electrons. The molecule has 24 heavy (non-hydrogen) atoms. The van der Waals surface area contributed by atoms with E-state index in [9.17, 15) is 8.42 Å². The number of anilines is 1. The summed E-state index contributed by atoms with van der Waals surface area (Å²) in [5.74, 6) is 0.323. The fourth-order valence-corrected chi connectivity index (χ4v) is 3.20. The fourth-order valence-electron chi connectivity index (χ4n) is 2.09. The number of aromatic nitrogens is 4. The average molecular weight is 349 g/mol. The standard InChI is InChI=1S/C14H15N5O4S/c1-18(24(20,21)10-7-5-4-6-8-10)13-16-12-11(22-2)9-15-14(23-3)19(12)17-13/h4-9H,1-3H3. The molecule has 3 rings (SSSR count). The van der Waals surface area contributed by atoms with Gasteiger partial charge in [-0.05, 0) is 12.1 Å². The van der Waals surface area contributed by atoms with Gasteiger partial charge in [0.2, 0.25) is 5.65 Å². The predicted octanol–water partition coefficient (Wildman–Crippen LogP) is 0.967. The second-order valence-electron chi connectivity index (χ2n) is 4.75. The van der Waals surface area contributed by atoms with Gasteiger partial charge in [-0.3, -0.25) is 0 Å². The SMILES string of the molecule is COc1cnc(OC)n2nc(N(C)S(=O)(=O)c3ccccc3)nc12. The lowest BCUT2D eigenvalue weighted by Gasteiger charge is -2.14. The number of rotatable bonds is 5. The van der Waals surface area contributed by atoms with E-state index in [1.807, 2.05) is 0 Å². The number of fused-ring (bicyclic) bond motifs is 1. The Hall–Kier alpha value is -2.88. The number of hydrogen-bond acceptors (Lipinski definition) is 7. The Morgan fingerprint density at radius 3 is 2.46 bits per heavy atom. The first kappa shape index (κ1) is 16.0. The van der Waals surface area contributed by atoms with E-state index in [0.29, 0.717) is 11.4 Å². The first-order chi connectivity index (χ1) is 11.5. The predicted molar refractivity (Wildman–Crippen MR) is 85.9 cm³/mol. The van der Waals surface area contributed by atoms with Crippen molar-refractivity contribution in [3.05, 3.63) is 36.5 Å². The van der Waals surface area contributed by atoms with Crippen LogP contribution in [0.25, 0.3) is 5.65 Å². The topological polar surface area (TPSA) is 98.9 Å². The number of ether oxygens (including phenoxy) is 2. The van der Waals surface area contributed by atoms with E-state index in [1.165, 1.54) is 44.1 Å². The molecule has 2 heterocycles. The average Bonchev–Trinajstić information content (AvgIpc) is 3.06. The third-order valence-electron chi connectivity index (χ3n) is 3.38. The molecule has 10 heteroatoms. The molecule has 0 spiro atoms. The summed E-state index contributed by atoms with van der Waals surface area (Å²) >= 11 is 0. The summed E-state index contributed by atoms with van der Waals surface area (Å²) in [7, 11) is 0.484. The van der Waals surface area contributed by atoms with Gasteiger partial charge in [0, 0.05) is 7.05 Å². The summed E-state index contributed by atoms with van der Waals surface area (Å²) in [6.45, 7) is 0. The summed E-state index contributed by atoms with van der Waals surface area (Å²) < 4.78 is 37.9. The van der Waals surface area contributed by atoms with Crippen LogP contribution in [0.2, 0.25) is 0 Å². The molecule has 0 bridgehead atoms. The van der Waals surface area contributed by atoms with Gasteiger partial charge < -0.3 is 9.47 Å². The van der Waals surface area contributed by atoms with Crippen molar-refractivity contribution in [2.75, 3.05) is 25.6 Å². The third kappa shape index (κ3) is 2.50. The molecular weight excluding hydrogens is 334 g/mol. The normalized spacial score (nSPS) is 11.5. The Labute approximate surface area is 138 Å². The van der Waals surface area contributed by atoms with Gasteiger partial charge >= 0.3 is 6.01 Å². The molecule has 3 aromatic rings. The highest BCUT2D eigenvalue weighted by Crippen LogP contribution is 2.25. The van der Waals surface area contributed by atoms with E-state index < -0.39 is 10.0 Å². The zero-order chi connectivity index (χ0) is 17.3. The van der Waals surface area contributed by atoms with Crippen LogP contribution < -0.4 is 13.8 Å². The smallest absolute Gasteiger partial charge is 0.319 e. The first-order valence-corrected chi connectivity index (χ1v) is 8.30. The Kier molecular flexibility index (Phi) is 3.97. The molecule has 0 aliphatic rings. The van der Waals surface area contributed by atoms with Crippen molar-refractivity contribution in [1.29, 1.82) is 0 Å². The van der Waals surface area contributed by atoms with Crippen LogP contribution in [0.1, 0.15) is 0 Å². The lowest BCUT2D eigenvalue weighted by Crippen LogP contribution is -2.27. The van der Waals surface area contributed by atoms with Crippen LogP contribution in [0.15, 0.2) is 41.4 Å². The largest absolute Gasteiger partial charge is 0.491 e. The van der Waals surface area contributed by atoms with E-state index in [-0.39, 0.29) is 16.9 Å². The lowest BCUT2D eigenvalue weighted by atomic mass is 10.4. The number of methoxy groups -OCH3 is 2. The number of nitrogens with zero attached hydrogens (tertiary/aromatic N) is 5. The van der Waals surface area contributed by atoms with Crippen molar-refractivity contribution in [2.45, 2.75) is 4.90 Å². The van der Waals surface area contributed by atoms with Crippen molar-refractivity contribution >= 4 is 21.6 Å². The Morgan fingerprint density at radius 2 is 1.83 bits per heavy atom. The van der Waals surface area contributed by atoms with Gasteiger partial charge in [-0.15, -0.1) is 5.10 Å². The van der Waals surface area contributed by atoms with Crippen LogP contribution in [0.5, 0.6) is 11.8 Å². The Bertz CT molecular complexity index is 930. The maximum atomic E-state index is 12.7. The highest BCUT2D eigenvalue weighted by atomic mass is 32.2. The highest BCUT2D eigenvalue weighted by Gasteiger charge is 2.26. The molecule has 9 nitrogen and oxygen atoms in total. The van der Waals surface area contributed by atoms with Crippen LogP contribution in [0.4, 0.5) is 5.95 Å². The molecule has 0 amide bonds. The van der Waals surface area contributed by atoms with Gasteiger partial charge in [-0.25, -0.2) is 12.7 Å².